The van der Waals surface area contributed by atoms with Crippen LogP contribution in [0.15, 0.2) is 23.2 Å². The van der Waals surface area contributed by atoms with Crippen LogP contribution in [0.5, 0.6) is 11.5 Å². The maximum atomic E-state index is 11.2. The van der Waals surface area contributed by atoms with E-state index in [1.165, 1.54) is 12.0 Å². The number of primary sulfonamides is 1. The van der Waals surface area contributed by atoms with Crippen LogP contribution in [0, 0.1) is 0 Å². The predicted octanol–water partition coefficient (Wildman–Crippen LogP) is 1.75. The lowest BCUT2D eigenvalue weighted by Crippen LogP contribution is -2.42. The molecule has 0 unspecified atom stereocenters. The zero-order valence-electron chi connectivity index (χ0n) is 17.7. The number of ether oxygens (including phenoxy) is 2. The van der Waals surface area contributed by atoms with Crippen LogP contribution in [0.3, 0.4) is 0 Å². The first-order chi connectivity index (χ1) is 13.8. The summed E-state index contributed by atoms with van der Waals surface area (Å²) in [5, 5.41) is 11.3. The fourth-order valence-corrected chi connectivity index (χ4v) is 4.20. The molecule has 9 heteroatoms. The highest BCUT2D eigenvalue weighted by atomic mass is 32.2. The van der Waals surface area contributed by atoms with Crippen molar-refractivity contribution in [2.45, 2.75) is 44.4 Å². The summed E-state index contributed by atoms with van der Waals surface area (Å²) in [6.07, 6.45) is 5.62. The highest BCUT2D eigenvalue weighted by molar-refractivity contribution is 7.89. The van der Waals surface area contributed by atoms with Gasteiger partial charge in [-0.25, -0.2) is 13.6 Å². The average Bonchev–Trinajstić information content (AvgIpc) is 2.71. The van der Waals surface area contributed by atoms with Gasteiger partial charge in [0.25, 0.3) is 0 Å². The van der Waals surface area contributed by atoms with Gasteiger partial charge in [-0.1, -0.05) is 25.3 Å². The van der Waals surface area contributed by atoms with E-state index in [9.17, 15) is 8.42 Å². The van der Waals surface area contributed by atoms with E-state index >= 15 is 0 Å². The van der Waals surface area contributed by atoms with E-state index in [0.29, 0.717) is 24.8 Å². The molecule has 0 atom stereocenters. The van der Waals surface area contributed by atoms with Crippen LogP contribution in [0.4, 0.5) is 0 Å². The number of guanidine groups is 1. The number of benzene rings is 1. The fraction of sp³-hybridized carbons (Fsp3) is 0.650. The molecule has 29 heavy (non-hydrogen) atoms. The predicted molar refractivity (Wildman–Crippen MR) is 116 cm³/mol. The quantitative estimate of drug-likeness (QED) is 0.409. The lowest BCUT2D eigenvalue weighted by Gasteiger charge is -2.37. The fourth-order valence-electron chi connectivity index (χ4n) is 3.82. The van der Waals surface area contributed by atoms with Gasteiger partial charge in [-0.3, -0.25) is 4.99 Å². The molecule has 1 aliphatic carbocycles. The number of rotatable bonds is 9. The first kappa shape index (κ1) is 23.3. The Labute approximate surface area is 174 Å². The van der Waals surface area contributed by atoms with Gasteiger partial charge in [0.1, 0.15) is 0 Å². The van der Waals surface area contributed by atoms with Gasteiger partial charge < -0.3 is 20.1 Å². The van der Waals surface area contributed by atoms with E-state index in [2.05, 4.69) is 22.8 Å². The largest absolute Gasteiger partial charge is 0.493 e. The van der Waals surface area contributed by atoms with Crippen LogP contribution in [-0.4, -0.2) is 54.0 Å². The van der Waals surface area contributed by atoms with Crippen molar-refractivity contribution in [1.29, 1.82) is 0 Å². The normalized spacial score (nSPS) is 16.9. The molecule has 1 aromatic rings. The van der Waals surface area contributed by atoms with Gasteiger partial charge >= 0.3 is 0 Å². The number of nitrogens with zero attached hydrogens (tertiary/aromatic N) is 1. The maximum Gasteiger partial charge on any atom is 0.210 e. The highest BCUT2D eigenvalue weighted by Crippen LogP contribution is 2.42. The number of methoxy groups -OCH3 is 2. The second kappa shape index (κ2) is 10.7. The summed E-state index contributed by atoms with van der Waals surface area (Å²) < 4.78 is 33.2. The molecule has 4 N–H and O–H groups in total. The molecule has 0 radical (unpaired) electrons. The smallest absolute Gasteiger partial charge is 0.210 e. The van der Waals surface area contributed by atoms with E-state index in [1.807, 2.05) is 13.0 Å². The molecule has 0 saturated heterocycles. The molecule has 0 aliphatic heterocycles. The van der Waals surface area contributed by atoms with Crippen molar-refractivity contribution in [3.8, 4) is 11.5 Å². The molecule has 164 valence electrons. The van der Waals surface area contributed by atoms with E-state index in [0.717, 1.165) is 31.4 Å². The first-order valence-corrected chi connectivity index (χ1v) is 11.8. The standard InChI is InChI=1S/C20H34N4O4S/c1-4-22-19(23-12-13-29(21,25)26)24-15-20(10-6-5-7-11-20)16-8-9-17(27-2)18(14-16)28-3/h8-9,14H,4-7,10-13,15H2,1-3H3,(H2,21,25,26)(H2,22,23,24). The summed E-state index contributed by atoms with van der Waals surface area (Å²) in [6.45, 7) is 3.48. The molecule has 0 bridgehead atoms. The number of nitrogens with one attached hydrogen (secondary N) is 2. The van der Waals surface area contributed by atoms with Gasteiger partial charge in [0.05, 0.1) is 26.5 Å². The minimum Gasteiger partial charge on any atom is -0.493 e. The minimum absolute atomic E-state index is 0.0832. The Balaban J connectivity index is 2.25. The first-order valence-electron chi connectivity index (χ1n) is 10.1. The molecule has 1 fully saturated rings. The Kier molecular flexibility index (Phi) is 8.58. The molecule has 2 rings (SSSR count). The summed E-state index contributed by atoms with van der Waals surface area (Å²) in [4.78, 5) is 4.79. The van der Waals surface area contributed by atoms with Crippen LogP contribution in [-0.2, 0) is 15.4 Å². The highest BCUT2D eigenvalue weighted by Gasteiger charge is 2.34. The third kappa shape index (κ3) is 6.78. The van der Waals surface area contributed by atoms with Crippen LogP contribution in [0.2, 0.25) is 0 Å². The monoisotopic (exact) mass is 426 g/mol. The van der Waals surface area contributed by atoms with Crippen LogP contribution >= 0.6 is 0 Å². The van der Waals surface area contributed by atoms with Crippen molar-refractivity contribution in [2.24, 2.45) is 10.1 Å². The maximum absolute atomic E-state index is 11.2. The van der Waals surface area contributed by atoms with Crippen molar-refractivity contribution >= 4 is 16.0 Å². The van der Waals surface area contributed by atoms with Gasteiger partial charge in [-0.2, -0.15) is 0 Å². The molecule has 0 spiro atoms. The molecule has 0 amide bonds. The lowest BCUT2D eigenvalue weighted by atomic mass is 9.69. The van der Waals surface area contributed by atoms with Crippen LogP contribution < -0.4 is 25.2 Å². The second-order valence-corrected chi connectivity index (χ2v) is 9.13. The Morgan fingerprint density at radius 1 is 1.14 bits per heavy atom. The van der Waals surface area contributed by atoms with Crippen LogP contribution in [0.1, 0.15) is 44.6 Å². The summed E-state index contributed by atoms with van der Waals surface area (Å²) in [5.74, 6) is 1.89. The number of hydrogen-bond donors (Lipinski definition) is 3. The second-order valence-electron chi connectivity index (χ2n) is 7.40. The van der Waals surface area contributed by atoms with Gasteiger partial charge in [0, 0.05) is 18.5 Å². The van der Waals surface area contributed by atoms with Crippen molar-refractivity contribution in [1.82, 2.24) is 10.6 Å². The molecule has 8 nitrogen and oxygen atoms in total. The third-order valence-electron chi connectivity index (χ3n) is 5.37. The molecule has 0 aromatic heterocycles. The van der Waals surface area contributed by atoms with Gasteiger partial charge in [0.2, 0.25) is 10.0 Å². The van der Waals surface area contributed by atoms with Gasteiger partial charge in [-0.05, 0) is 37.5 Å². The third-order valence-corrected chi connectivity index (χ3v) is 6.14. The molecule has 1 aliphatic rings. The van der Waals surface area contributed by atoms with E-state index in [4.69, 9.17) is 19.6 Å². The number of hydrogen-bond acceptors (Lipinski definition) is 5. The zero-order chi connectivity index (χ0) is 21.3. The number of sulfonamides is 1. The van der Waals surface area contributed by atoms with Gasteiger partial charge in [0.15, 0.2) is 17.5 Å². The zero-order valence-corrected chi connectivity index (χ0v) is 18.5. The number of nitrogens with two attached hydrogens (primary N) is 1. The van der Waals surface area contributed by atoms with E-state index < -0.39 is 10.0 Å². The summed E-state index contributed by atoms with van der Waals surface area (Å²) in [7, 11) is -0.233. The van der Waals surface area contributed by atoms with Crippen LogP contribution in [0.25, 0.3) is 0 Å². The molecule has 1 saturated carbocycles. The Morgan fingerprint density at radius 3 is 2.41 bits per heavy atom. The topological polar surface area (TPSA) is 115 Å². The Morgan fingerprint density at radius 2 is 1.83 bits per heavy atom. The molecule has 1 aromatic carbocycles. The van der Waals surface area contributed by atoms with Crippen molar-refractivity contribution in [2.75, 3.05) is 39.6 Å². The van der Waals surface area contributed by atoms with Crippen molar-refractivity contribution in [3.05, 3.63) is 23.8 Å². The van der Waals surface area contributed by atoms with Gasteiger partial charge in [-0.15, -0.1) is 0 Å². The van der Waals surface area contributed by atoms with E-state index in [-0.39, 0.29) is 17.7 Å². The SMILES string of the molecule is CCNC(=NCC1(c2ccc(OC)c(OC)c2)CCCCC1)NCCS(N)(=O)=O. The van der Waals surface area contributed by atoms with E-state index in [1.54, 1.807) is 14.2 Å². The average molecular weight is 427 g/mol. The van der Waals surface area contributed by atoms with Crippen molar-refractivity contribution in [3.63, 3.8) is 0 Å². The summed E-state index contributed by atoms with van der Waals surface area (Å²) in [5.41, 5.74) is 1.11. The lowest BCUT2D eigenvalue weighted by molar-refractivity contribution is 0.298. The molecular formula is C20H34N4O4S. The van der Waals surface area contributed by atoms with Crippen molar-refractivity contribution < 1.29 is 17.9 Å². The summed E-state index contributed by atoms with van der Waals surface area (Å²) in [6, 6.07) is 6.11. The summed E-state index contributed by atoms with van der Waals surface area (Å²) >= 11 is 0. The Bertz CT molecular complexity index is 790. The minimum atomic E-state index is -3.51. The Hall–Kier alpha value is -2.00. The molecule has 0 heterocycles. The number of aliphatic imine (C=N–C) groups is 1. The molecular weight excluding hydrogens is 392 g/mol.